The van der Waals surface area contributed by atoms with E-state index in [0.29, 0.717) is 5.92 Å². The lowest BCUT2D eigenvalue weighted by Gasteiger charge is -2.35. The second-order valence-corrected chi connectivity index (χ2v) is 8.58. The van der Waals surface area contributed by atoms with E-state index in [9.17, 15) is 4.79 Å². The van der Waals surface area contributed by atoms with Gasteiger partial charge in [-0.05, 0) is 46.1 Å². The van der Waals surface area contributed by atoms with Crippen LogP contribution in [0.2, 0.25) is 0 Å². The highest BCUT2D eigenvalue weighted by Crippen LogP contribution is 2.34. The van der Waals surface area contributed by atoms with E-state index in [1.54, 1.807) is 0 Å². The molecule has 2 aromatic carbocycles. The Kier molecular flexibility index (Phi) is 4.49. The van der Waals surface area contributed by atoms with Crippen LogP contribution in [0.3, 0.4) is 0 Å². The summed E-state index contributed by atoms with van der Waals surface area (Å²) in [6.45, 7) is 11.0. The first-order chi connectivity index (χ1) is 11.7. The second kappa shape index (κ2) is 6.33. The molecule has 1 amide bonds. The topological polar surface area (TPSA) is 20.3 Å². The zero-order chi connectivity index (χ0) is 18.4. The smallest absolute Gasteiger partial charge is 0.254 e. The summed E-state index contributed by atoms with van der Waals surface area (Å²) in [5.41, 5.74) is 5.94. The molecule has 1 aliphatic rings. The van der Waals surface area contributed by atoms with Crippen LogP contribution in [0.1, 0.15) is 79.2 Å². The summed E-state index contributed by atoms with van der Waals surface area (Å²) >= 11 is 0. The van der Waals surface area contributed by atoms with E-state index in [0.717, 1.165) is 17.5 Å². The largest absolute Gasteiger partial charge is 0.334 e. The summed E-state index contributed by atoms with van der Waals surface area (Å²) in [7, 11) is 1.93. The van der Waals surface area contributed by atoms with Gasteiger partial charge in [0.05, 0.1) is 6.04 Å². The molecule has 1 heterocycles. The molecule has 0 N–H and O–H groups in total. The number of hydrogen-bond donors (Lipinski definition) is 0. The van der Waals surface area contributed by atoms with Crippen LogP contribution >= 0.6 is 0 Å². The number of likely N-dealkylation sites (N-methyl/N-ethyl adjacent to an activating group) is 1. The summed E-state index contributed by atoms with van der Waals surface area (Å²) in [6.07, 6.45) is 0.880. The summed E-state index contributed by atoms with van der Waals surface area (Å²) in [5.74, 6) is 0.569. The van der Waals surface area contributed by atoms with Crippen molar-refractivity contribution in [3.05, 3.63) is 70.3 Å². The molecule has 2 heteroatoms. The van der Waals surface area contributed by atoms with Crippen molar-refractivity contribution in [1.29, 1.82) is 0 Å². The van der Waals surface area contributed by atoms with Crippen molar-refractivity contribution < 1.29 is 4.79 Å². The number of hydrogen-bond acceptors (Lipinski definition) is 1. The first-order valence-electron chi connectivity index (χ1n) is 9.19. The summed E-state index contributed by atoms with van der Waals surface area (Å²) in [4.78, 5) is 14.8. The SMILES string of the molecule is CC(C)c1ccc2c(c1)C(=O)N(C)C(c1ccc(C(C)(C)C)cc1)C2. The van der Waals surface area contributed by atoms with Gasteiger partial charge in [0, 0.05) is 12.6 Å². The number of amides is 1. The zero-order valence-corrected chi connectivity index (χ0v) is 16.3. The van der Waals surface area contributed by atoms with E-state index in [-0.39, 0.29) is 17.4 Å². The molecule has 0 radical (unpaired) electrons. The van der Waals surface area contributed by atoms with Crippen molar-refractivity contribution in [1.82, 2.24) is 4.90 Å². The van der Waals surface area contributed by atoms with Crippen molar-refractivity contribution >= 4 is 5.91 Å². The lowest BCUT2D eigenvalue weighted by molar-refractivity contribution is 0.0705. The van der Waals surface area contributed by atoms with Crippen molar-refractivity contribution in [2.45, 2.75) is 58.4 Å². The number of rotatable bonds is 2. The van der Waals surface area contributed by atoms with Gasteiger partial charge in [0.2, 0.25) is 0 Å². The molecule has 25 heavy (non-hydrogen) atoms. The maximum atomic E-state index is 12.9. The van der Waals surface area contributed by atoms with Gasteiger partial charge < -0.3 is 4.90 Å². The van der Waals surface area contributed by atoms with E-state index in [2.05, 4.69) is 77.1 Å². The molecule has 0 aromatic heterocycles. The maximum absolute atomic E-state index is 12.9. The minimum Gasteiger partial charge on any atom is -0.334 e. The Balaban J connectivity index is 1.94. The third kappa shape index (κ3) is 3.35. The highest BCUT2D eigenvalue weighted by molar-refractivity contribution is 5.97. The first-order valence-corrected chi connectivity index (χ1v) is 9.19. The number of benzene rings is 2. The average molecular weight is 335 g/mol. The monoisotopic (exact) mass is 335 g/mol. The molecule has 2 aromatic rings. The van der Waals surface area contributed by atoms with Gasteiger partial charge in [0.1, 0.15) is 0 Å². The Bertz CT molecular complexity index is 781. The Hall–Kier alpha value is -2.09. The fourth-order valence-electron chi connectivity index (χ4n) is 3.55. The van der Waals surface area contributed by atoms with E-state index >= 15 is 0 Å². The van der Waals surface area contributed by atoms with E-state index in [1.807, 2.05) is 11.9 Å². The number of carbonyl (C=O) groups excluding carboxylic acids is 1. The second-order valence-electron chi connectivity index (χ2n) is 8.58. The molecule has 1 unspecified atom stereocenters. The molecular formula is C23H29NO. The molecule has 0 bridgehead atoms. The van der Waals surface area contributed by atoms with Crippen LogP contribution in [0.4, 0.5) is 0 Å². The Morgan fingerprint density at radius 2 is 1.68 bits per heavy atom. The highest BCUT2D eigenvalue weighted by Gasteiger charge is 2.31. The summed E-state index contributed by atoms with van der Waals surface area (Å²) in [6, 6.07) is 15.3. The van der Waals surface area contributed by atoms with Gasteiger partial charge in [-0.3, -0.25) is 4.79 Å². The highest BCUT2D eigenvalue weighted by atomic mass is 16.2. The molecule has 2 nitrogen and oxygen atoms in total. The number of nitrogens with zero attached hydrogens (tertiary/aromatic N) is 1. The van der Waals surface area contributed by atoms with Crippen molar-refractivity contribution in [3.8, 4) is 0 Å². The van der Waals surface area contributed by atoms with Gasteiger partial charge in [-0.2, -0.15) is 0 Å². The predicted molar refractivity (Wildman–Crippen MR) is 104 cm³/mol. The number of fused-ring (bicyclic) bond motifs is 1. The molecule has 1 atom stereocenters. The predicted octanol–water partition coefficient (Wildman–Crippen LogP) is 5.48. The Morgan fingerprint density at radius 3 is 2.24 bits per heavy atom. The zero-order valence-electron chi connectivity index (χ0n) is 16.3. The minimum atomic E-state index is 0.110. The average Bonchev–Trinajstić information content (AvgIpc) is 2.57. The molecule has 0 saturated carbocycles. The molecular weight excluding hydrogens is 306 g/mol. The van der Waals surface area contributed by atoms with Crippen LogP contribution in [-0.2, 0) is 11.8 Å². The lowest BCUT2D eigenvalue weighted by atomic mass is 9.84. The van der Waals surface area contributed by atoms with Crippen LogP contribution in [0.15, 0.2) is 42.5 Å². The maximum Gasteiger partial charge on any atom is 0.254 e. The quantitative estimate of drug-likeness (QED) is 0.712. The van der Waals surface area contributed by atoms with E-state index < -0.39 is 0 Å². The molecule has 1 aliphatic heterocycles. The van der Waals surface area contributed by atoms with Crippen LogP contribution in [0.25, 0.3) is 0 Å². The van der Waals surface area contributed by atoms with Crippen molar-refractivity contribution in [3.63, 3.8) is 0 Å². The molecule has 3 rings (SSSR count). The van der Waals surface area contributed by atoms with Crippen LogP contribution in [0.5, 0.6) is 0 Å². The standard InChI is InChI=1S/C23H29NO/c1-15(2)17-7-8-18-14-21(24(6)22(25)20(18)13-17)16-9-11-19(12-10-16)23(3,4)5/h7-13,15,21H,14H2,1-6H3. The van der Waals surface area contributed by atoms with E-state index in [4.69, 9.17) is 0 Å². The van der Waals surface area contributed by atoms with Gasteiger partial charge in [-0.25, -0.2) is 0 Å². The van der Waals surface area contributed by atoms with Crippen LogP contribution in [0, 0.1) is 0 Å². The normalized spacial score (nSPS) is 17.8. The summed E-state index contributed by atoms with van der Waals surface area (Å²) < 4.78 is 0. The van der Waals surface area contributed by atoms with Crippen LogP contribution in [-0.4, -0.2) is 17.9 Å². The summed E-state index contributed by atoms with van der Waals surface area (Å²) in [5, 5.41) is 0. The molecule has 132 valence electrons. The van der Waals surface area contributed by atoms with Gasteiger partial charge in [0.25, 0.3) is 5.91 Å². The van der Waals surface area contributed by atoms with Crippen LogP contribution < -0.4 is 0 Å². The van der Waals surface area contributed by atoms with E-state index in [1.165, 1.54) is 16.7 Å². The van der Waals surface area contributed by atoms with Crippen molar-refractivity contribution in [2.24, 2.45) is 0 Å². The van der Waals surface area contributed by atoms with Gasteiger partial charge in [0.15, 0.2) is 0 Å². The number of carbonyl (C=O) groups is 1. The van der Waals surface area contributed by atoms with Gasteiger partial charge in [-0.15, -0.1) is 0 Å². The molecule has 0 saturated heterocycles. The van der Waals surface area contributed by atoms with Gasteiger partial charge >= 0.3 is 0 Å². The van der Waals surface area contributed by atoms with Crippen molar-refractivity contribution in [2.75, 3.05) is 7.05 Å². The van der Waals surface area contributed by atoms with Gasteiger partial charge in [-0.1, -0.05) is 71.0 Å². The minimum absolute atomic E-state index is 0.110. The fourth-order valence-corrected chi connectivity index (χ4v) is 3.55. The third-order valence-electron chi connectivity index (χ3n) is 5.39. The molecule has 0 aliphatic carbocycles. The lowest BCUT2D eigenvalue weighted by Crippen LogP contribution is -2.37. The molecule has 0 spiro atoms. The fraction of sp³-hybridized carbons (Fsp3) is 0.435. The Labute approximate surface area is 151 Å². The molecule has 0 fully saturated rings. The first kappa shape index (κ1) is 17.7. The third-order valence-corrected chi connectivity index (χ3v) is 5.39. The Morgan fingerprint density at radius 1 is 1.04 bits per heavy atom.